The van der Waals surface area contributed by atoms with Crippen LogP contribution in [-0.4, -0.2) is 29.9 Å². The molecule has 0 saturated carbocycles. The van der Waals surface area contributed by atoms with Crippen molar-refractivity contribution >= 4 is 54.1 Å². The van der Waals surface area contributed by atoms with Gasteiger partial charge in [0.1, 0.15) is 0 Å². The van der Waals surface area contributed by atoms with Crippen molar-refractivity contribution in [2.75, 3.05) is 0 Å². The standard InChI is InChI=1S/C54H37N3.C50H35N3/c1-54(2)47-22-11-10-21-43(47)45-30-46-44(36-15-4-3-5-16-36)31-49(55-52(46)32-48(45)54)39-19-12-20-42(29-39)53-56-50(40-25-23-34-13-6-8-17-37(34)27-40)33-51(57-53)41-26-24-35-14-7-9-18-38(35)28-41;1-50(2)43-23-12-11-22-39(43)41-28-42-40(33-15-5-3-6-16-33)29-45(51-48(42)30-44(41)50)36-20-13-21-38(27-36)49-52-46(34-17-7-4-8-18-34)31-47(53-49)37-25-24-32-14-9-10-19-35(32)26-37/h3-33H,1-2H3;3-31H,1-2H3. The molecule has 0 unspecified atom stereocenters. The number of fused-ring (bicyclic) bond motifs is 11. The van der Waals surface area contributed by atoms with Crippen LogP contribution in [0.4, 0.5) is 0 Å². The van der Waals surface area contributed by atoms with Gasteiger partial charge in [-0.15, -0.1) is 0 Å². The Morgan fingerprint density at radius 3 is 0.864 bits per heavy atom. The van der Waals surface area contributed by atoms with Crippen molar-refractivity contribution in [3.05, 3.63) is 386 Å². The van der Waals surface area contributed by atoms with Crippen LogP contribution in [0.1, 0.15) is 49.9 Å². The van der Waals surface area contributed by atoms with Gasteiger partial charge in [-0.05, 0) is 178 Å². The molecule has 110 heavy (non-hydrogen) atoms. The van der Waals surface area contributed by atoms with Crippen molar-refractivity contribution in [2.45, 2.75) is 38.5 Å². The molecule has 19 aromatic rings. The van der Waals surface area contributed by atoms with E-state index in [0.717, 1.165) is 100 Å². The van der Waals surface area contributed by atoms with Gasteiger partial charge in [-0.3, -0.25) is 0 Å². The summed E-state index contributed by atoms with van der Waals surface area (Å²) in [6, 6.07) is 130. The van der Waals surface area contributed by atoms with Crippen molar-refractivity contribution in [3.63, 3.8) is 0 Å². The Morgan fingerprint density at radius 1 is 0.173 bits per heavy atom. The molecular formula is C104H72N6. The van der Waals surface area contributed by atoms with Gasteiger partial charge in [0, 0.05) is 66.1 Å². The van der Waals surface area contributed by atoms with Gasteiger partial charge in [-0.2, -0.15) is 0 Å². The van der Waals surface area contributed by atoms with Crippen LogP contribution in [0.2, 0.25) is 0 Å². The molecule has 0 aliphatic heterocycles. The summed E-state index contributed by atoms with van der Waals surface area (Å²) in [5, 5.41) is 9.46. The second-order valence-electron chi connectivity index (χ2n) is 30.2. The summed E-state index contributed by atoms with van der Waals surface area (Å²) >= 11 is 0. The minimum Gasteiger partial charge on any atom is -0.248 e. The molecule has 6 heteroatoms. The zero-order chi connectivity index (χ0) is 73.6. The summed E-state index contributed by atoms with van der Waals surface area (Å²) in [6.07, 6.45) is 0. The molecule has 6 nitrogen and oxygen atoms in total. The van der Waals surface area contributed by atoms with Gasteiger partial charge in [0.15, 0.2) is 11.6 Å². The summed E-state index contributed by atoms with van der Waals surface area (Å²) in [5.41, 5.74) is 30.5. The Kier molecular flexibility index (Phi) is 15.8. The number of pyridine rings is 2. The molecule has 0 N–H and O–H groups in total. The maximum Gasteiger partial charge on any atom is 0.160 e. The Hall–Kier alpha value is -13.9. The predicted octanol–water partition coefficient (Wildman–Crippen LogP) is 26.8. The molecule has 21 rings (SSSR count). The largest absolute Gasteiger partial charge is 0.248 e. The van der Waals surface area contributed by atoms with Crippen LogP contribution in [0.5, 0.6) is 0 Å². The van der Waals surface area contributed by atoms with Gasteiger partial charge in [0.05, 0.1) is 45.2 Å². The Bertz CT molecular complexity index is 6800. The van der Waals surface area contributed by atoms with E-state index < -0.39 is 0 Å². The van der Waals surface area contributed by atoms with Crippen molar-refractivity contribution < 1.29 is 0 Å². The van der Waals surface area contributed by atoms with E-state index in [1.807, 2.05) is 6.07 Å². The van der Waals surface area contributed by atoms with Crippen molar-refractivity contribution in [1.29, 1.82) is 0 Å². The molecule has 15 aromatic carbocycles. The van der Waals surface area contributed by atoms with Crippen LogP contribution >= 0.6 is 0 Å². The maximum absolute atomic E-state index is 5.42. The monoisotopic (exact) mass is 1400 g/mol. The maximum atomic E-state index is 5.42. The third-order valence-electron chi connectivity index (χ3n) is 22.7. The Balaban J connectivity index is 0.000000144. The zero-order valence-electron chi connectivity index (χ0n) is 61.3. The Morgan fingerprint density at radius 2 is 0.473 bits per heavy atom. The van der Waals surface area contributed by atoms with E-state index >= 15 is 0 Å². The molecule has 0 spiro atoms. The topological polar surface area (TPSA) is 77.3 Å². The van der Waals surface area contributed by atoms with Crippen molar-refractivity contribution in [3.8, 4) is 135 Å². The number of benzene rings is 15. The van der Waals surface area contributed by atoms with E-state index in [1.165, 1.54) is 99.1 Å². The minimum atomic E-state index is -0.124. The quantitative estimate of drug-likeness (QED) is 0.136. The molecule has 0 amide bonds. The van der Waals surface area contributed by atoms with Crippen LogP contribution in [0.25, 0.3) is 189 Å². The van der Waals surface area contributed by atoms with Crippen LogP contribution in [0.3, 0.4) is 0 Å². The van der Waals surface area contributed by atoms with E-state index in [0.29, 0.717) is 11.6 Å². The lowest BCUT2D eigenvalue weighted by atomic mass is 9.82. The highest BCUT2D eigenvalue weighted by Crippen LogP contribution is 2.53. The van der Waals surface area contributed by atoms with E-state index in [2.05, 4.69) is 386 Å². The number of hydrogen-bond donors (Lipinski definition) is 0. The van der Waals surface area contributed by atoms with Crippen molar-refractivity contribution in [2.24, 2.45) is 0 Å². The first-order chi connectivity index (χ1) is 53.9. The first kappa shape index (κ1) is 65.6. The SMILES string of the molecule is CC1(C)c2ccccc2-c2cc3c(-c4ccccc4)cc(-c4cccc(-c5nc(-c6ccc7ccccc7c6)cc(-c6ccc7ccccc7c6)n5)c4)nc3cc21.CC1(C)c2ccccc2-c2cc3c(-c4ccccc4)cc(-c4cccc(-c5nc(-c6ccccc6)cc(-c6ccc7ccccc7c6)n5)c4)nc3cc21. The van der Waals surface area contributed by atoms with Crippen LogP contribution in [0.15, 0.2) is 364 Å². The van der Waals surface area contributed by atoms with Crippen LogP contribution in [-0.2, 0) is 10.8 Å². The van der Waals surface area contributed by atoms with E-state index in [-0.39, 0.29) is 10.8 Å². The first-order valence-corrected chi connectivity index (χ1v) is 37.8. The second kappa shape index (κ2) is 26.5. The lowest BCUT2D eigenvalue weighted by Crippen LogP contribution is -2.14. The van der Waals surface area contributed by atoms with Crippen LogP contribution < -0.4 is 0 Å². The summed E-state index contributed by atoms with van der Waals surface area (Å²) in [5.74, 6) is 1.35. The first-order valence-electron chi connectivity index (χ1n) is 37.8. The average Bonchev–Trinajstić information content (AvgIpc) is 1.56. The minimum absolute atomic E-state index is 0.117. The highest BCUT2D eigenvalue weighted by Gasteiger charge is 2.38. The lowest BCUT2D eigenvalue weighted by Gasteiger charge is -2.22. The summed E-state index contributed by atoms with van der Waals surface area (Å²) in [6.45, 7) is 9.30. The van der Waals surface area contributed by atoms with Gasteiger partial charge in [0.2, 0.25) is 0 Å². The summed E-state index contributed by atoms with van der Waals surface area (Å²) in [4.78, 5) is 31.7. The van der Waals surface area contributed by atoms with Gasteiger partial charge in [-0.25, -0.2) is 29.9 Å². The fourth-order valence-corrected chi connectivity index (χ4v) is 16.9. The van der Waals surface area contributed by atoms with E-state index in [1.54, 1.807) is 0 Å². The van der Waals surface area contributed by atoms with Gasteiger partial charge >= 0.3 is 0 Å². The normalized spacial score (nSPS) is 12.9. The molecule has 0 bridgehead atoms. The molecule has 0 radical (unpaired) electrons. The molecule has 4 heterocycles. The third-order valence-corrected chi connectivity index (χ3v) is 22.7. The average molecular weight is 1410 g/mol. The third kappa shape index (κ3) is 11.7. The fraction of sp³-hybridized carbons (Fsp3) is 0.0577. The number of nitrogens with zero attached hydrogens (tertiary/aromatic N) is 6. The smallest absolute Gasteiger partial charge is 0.160 e. The van der Waals surface area contributed by atoms with Gasteiger partial charge in [-0.1, -0.05) is 313 Å². The molecule has 0 saturated heterocycles. The molecule has 0 atom stereocenters. The summed E-state index contributed by atoms with van der Waals surface area (Å²) in [7, 11) is 0. The molecule has 518 valence electrons. The van der Waals surface area contributed by atoms with Gasteiger partial charge < -0.3 is 0 Å². The molecule has 2 aliphatic carbocycles. The number of aromatic nitrogens is 6. The van der Waals surface area contributed by atoms with Crippen molar-refractivity contribution in [1.82, 2.24) is 29.9 Å². The molecular weight excluding hydrogens is 1330 g/mol. The summed E-state index contributed by atoms with van der Waals surface area (Å²) < 4.78 is 0. The molecule has 0 fully saturated rings. The Labute approximate surface area is 639 Å². The number of hydrogen-bond acceptors (Lipinski definition) is 6. The van der Waals surface area contributed by atoms with E-state index in [9.17, 15) is 0 Å². The van der Waals surface area contributed by atoms with E-state index in [4.69, 9.17) is 29.9 Å². The fourth-order valence-electron chi connectivity index (χ4n) is 16.9. The zero-order valence-corrected chi connectivity index (χ0v) is 61.3. The predicted molar refractivity (Wildman–Crippen MR) is 457 cm³/mol. The number of rotatable bonds is 10. The second-order valence-corrected chi connectivity index (χ2v) is 30.2. The highest BCUT2D eigenvalue weighted by atomic mass is 14.9. The molecule has 2 aliphatic rings. The lowest BCUT2D eigenvalue weighted by molar-refractivity contribution is 0.661. The van der Waals surface area contributed by atoms with Gasteiger partial charge in [0.25, 0.3) is 0 Å². The van der Waals surface area contributed by atoms with Crippen LogP contribution in [0, 0.1) is 0 Å². The molecule has 4 aromatic heterocycles. The highest BCUT2D eigenvalue weighted by molar-refractivity contribution is 6.04.